The van der Waals surface area contributed by atoms with Crippen LogP contribution in [0.25, 0.3) is 5.69 Å². The standard InChI is InChI=1S/C8H5BrN4O2/c9-8-10-5-12(11-8)6-1-3-7(4-2-6)13(14)15/h1-5H. The lowest BCUT2D eigenvalue weighted by atomic mass is 10.3. The summed E-state index contributed by atoms with van der Waals surface area (Å²) in [7, 11) is 0. The summed E-state index contributed by atoms with van der Waals surface area (Å²) in [5.41, 5.74) is 0.775. The van der Waals surface area contributed by atoms with E-state index in [0.29, 0.717) is 4.73 Å². The number of halogens is 1. The Balaban J connectivity index is 2.35. The molecule has 2 aromatic rings. The van der Waals surface area contributed by atoms with E-state index in [1.807, 2.05) is 0 Å². The Morgan fingerprint density at radius 1 is 1.33 bits per heavy atom. The van der Waals surface area contributed by atoms with Crippen molar-refractivity contribution in [1.29, 1.82) is 0 Å². The Hall–Kier alpha value is -1.76. The smallest absolute Gasteiger partial charge is 0.258 e. The van der Waals surface area contributed by atoms with Gasteiger partial charge in [-0.2, -0.15) is 0 Å². The topological polar surface area (TPSA) is 73.8 Å². The van der Waals surface area contributed by atoms with Gasteiger partial charge in [0, 0.05) is 12.1 Å². The van der Waals surface area contributed by atoms with Crippen LogP contribution in [0.1, 0.15) is 0 Å². The molecule has 1 heterocycles. The van der Waals surface area contributed by atoms with Crippen molar-refractivity contribution in [3.05, 3.63) is 45.4 Å². The van der Waals surface area contributed by atoms with Crippen LogP contribution in [0.2, 0.25) is 0 Å². The van der Waals surface area contributed by atoms with E-state index < -0.39 is 4.92 Å². The minimum atomic E-state index is -0.443. The summed E-state index contributed by atoms with van der Waals surface area (Å²) in [6.45, 7) is 0. The van der Waals surface area contributed by atoms with E-state index in [0.717, 1.165) is 5.69 Å². The van der Waals surface area contributed by atoms with Gasteiger partial charge in [-0.25, -0.2) is 9.67 Å². The maximum absolute atomic E-state index is 10.4. The van der Waals surface area contributed by atoms with Gasteiger partial charge in [-0.05, 0) is 28.1 Å². The molecule has 15 heavy (non-hydrogen) atoms. The van der Waals surface area contributed by atoms with Crippen LogP contribution in [-0.2, 0) is 0 Å². The van der Waals surface area contributed by atoms with Crippen LogP contribution in [0.3, 0.4) is 0 Å². The van der Waals surface area contributed by atoms with Crippen molar-refractivity contribution in [3.8, 4) is 5.69 Å². The summed E-state index contributed by atoms with van der Waals surface area (Å²) in [5.74, 6) is 0. The van der Waals surface area contributed by atoms with E-state index in [2.05, 4.69) is 26.0 Å². The number of benzene rings is 1. The molecule has 6 nitrogen and oxygen atoms in total. The molecule has 0 radical (unpaired) electrons. The molecular formula is C8H5BrN4O2. The number of rotatable bonds is 2. The SMILES string of the molecule is O=[N+]([O-])c1ccc(-n2cnc(Br)n2)cc1. The molecule has 7 heteroatoms. The minimum Gasteiger partial charge on any atom is -0.258 e. The van der Waals surface area contributed by atoms with E-state index in [1.165, 1.54) is 23.1 Å². The Morgan fingerprint density at radius 3 is 2.47 bits per heavy atom. The predicted molar refractivity (Wildman–Crippen MR) is 55.7 cm³/mol. The van der Waals surface area contributed by atoms with E-state index in [-0.39, 0.29) is 5.69 Å². The monoisotopic (exact) mass is 268 g/mol. The van der Waals surface area contributed by atoms with Crippen molar-refractivity contribution in [1.82, 2.24) is 14.8 Å². The van der Waals surface area contributed by atoms with E-state index in [1.54, 1.807) is 12.1 Å². The summed E-state index contributed by atoms with van der Waals surface area (Å²) in [6.07, 6.45) is 1.52. The molecule has 0 aliphatic carbocycles. The molecule has 1 aromatic carbocycles. The Labute approximate surface area is 92.8 Å². The summed E-state index contributed by atoms with van der Waals surface area (Å²) < 4.78 is 1.99. The number of non-ortho nitro benzene ring substituents is 1. The summed E-state index contributed by atoms with van der Waals surface area (Å²) >= 11 is 3.12. The highest BCUT2D eigenvalue weighted by molar-refractivity contribution is 9.10. The predicted octanol–water partition coefficient (Wildman–Crippen LogP) is 1.94. The maximum atomic E-state index is 10.4. The molecule has 0 aliphatic heterocycles. The molecule has 76 valence electrons. The van der Waals surface area contributed by atoms with Gasteiger partial charge >= 0.3 is 0 Å². The van der Waals surface area contributed by atoms with Gasteiger partial charge in [0.1, 0.15) is 6.33 Å². The molecule has 0 unspecified atom stereocenters. The lowest BCUT2D eigenvalue weighted by molar-refractivity contribution is -0.384. The van der Waals surface area contributed by atoms with Gasteiger partial charge in [-0.3, -0.25) is 10.1 Å². The Kier molecular flexibility index (Phi) is 2.46. The van der Waals surface area contributed by atoms with Gasteiger partial charge in [0.25, 0.3) is 5.69 Å². The molecule has 0 saturated carbocycles. The van der Waals surface area contributed by atoms with Crippen LogP contribution in [0.5, 0.6) is 0 Å². The zero-order valence-electron chi connectivity index (χ0n) is 7.37. The number of hydrogen-bond donors (Lipinski definition) is 0. The first-order valence-electron chi connectivity index (χ1n) is 3.99. The van der Waals surface area contributed by atoms with Crippen molar-refractivity contribution in [2.75, 3.05) is 0 Å². The third-order valence-corrected chi connectivity index (χ3v) is 2.15. The number of nitro groups is 1. The second kappa shape index (κ2) is 3.77. The van der Waals surface area contributed by atoms with Crippen molar-refractivity contribution in [2.24, 2.45) is 0 Å². The normalized spacial score (nSPS) is 10.2. The maximum Gasteiger partial charge on any atom is 0.269 e. The van der Waals surface area contributed by atoms with Gasteiger partial charge < -0.3 is 0 Å². The fourth-order valence-corrected chi connectivity index (χ4v) is 1.36. The van der Waals surface area contributed by atoms with E-state index in [9.17, 15) is 10.1 Å². The minimum absolute atomic E-state index is 0.0536. The number of hydrogen-bond acceptors (Lipinski definition) is 4. The van der Waals surface area contributed by atoms with Crippen molar-refractivity contribution in [3.63, 3.8) is 0 Å². The lowest BCUT2D eigenvalue weighted by Crippen LogP contribution is -1.95. The van der Waals surface area contributed by atoms with E-state index in [4.69, 9.17) is 0 Å². The number of aromatic nitrogens is 3. The van der Waals surface area contributed by atoms with Crippen LogP contribution in [0.4, 0.5) is 5.69 Å². The third-order valence-electron chi connectivity index (χ3n) is 1.79. The first kappa shape index (κ1) is 9.78. The third kappa shape index (κ3) is 2.01. The second-order valence-electron chi connectivity index (χ2n) is 2.73. The summed E-state index contributed by atoms with van der Waals surface area (Å²) in [4.78, 5) is 13.9. The lowest BCUT2D eigenvalue weighted by Gasteiger charge is -1.98. The zero-order valence-corrected chi connectivity index (χ0v) is 8.96. The van der Waals surface area contributed by atoms with E-state index >= 15 is 0 Å². The highest BCUT2D eigenvalue weighted by Crippen LogP contribution is 2.14. The first-order valence-corrected chi connectivity index (χ1v) is 4.78. The fourth-order valence-electron chi connectivity index (χ4n) is 1.09. The van der Waals surface area contributed by atoms with Crippen LogP contribution in [0.15, 0.2) is 35.3 Å². The average molecular weight is 269 g/mol. The van der Waals surface area contributed by atoms with Crippen LogP contribution < -0.4 is 0 Å². The molecule has 0 amide bonds. The summed E-state index contributed by atoms with van der Waals surface area (Å²) in [6, 6.07) is 6.06. The second-order valence-corrected chi connectivity index (χ2v) is 3.44. The quantitative estimate of drug-likeness (QED) is 0.616. The number of nitro benzene ring substituents is 1. The fraction of sp³-hybridized carbons (Fsp3) is 0. The molecule has 1 aromatic heterocycles. The molecule has 0 N–H and O–H groups in total. The van der Waals surface area contributed by atoms with Gasteiger partial charge in [-0.1, -0.05) is 0 Å². The molecule has 0 aliphatic rings. The van der Waals surface area contributed by atoms with Crippen molar-refractivity contribution < 1.29 is 4.92 Å². The molecule has 0 spiro atoms. The molecule has 0 atom stereocenters. The highest BCUT2D eigenvalue weighted by Gasteiger charge is 2.05. The highest BCUT2D eigenvalue weighted by atomic mass is 79.9. The first-order chi connectivity index (χ1) is 7.16. The van der Waals surface area contributed by atoms with Crippen LogP contribution in [0, 0.1) is 10.1 Å². The Morgan fingerprint density at radius 2 is 2.00 bits per heavy atom. The molecule has 0 saturated heterocycles. The van der Waals surface area contributed by atoms with Gasteiger partial charge in [0.05, 0.1) is 10.6 Å². The average Bonchev–Trinajstić information content (AvgIpc) is 2.65. The zero-order chi connectivity index (χ0) is 10.8. The Bertz CT molecular complexity index is 494. The molecule has 0 fully saturated rings. The number of nitrogens with zero attached hydrogens (tertiary/aromatic N) is 4. The largest absolute Gasteiger partial charge is 0.269 e. The van der Waals surface area contributed by atoms with Crippen molar-refractivity contribution in [2.45, 2.75) is 0 Å². The van der Waals surface area contributed by atoms with Crippen LogP contribution >= 0.6 is 15.9 Å². The molecular weight excluding hydrogens is 264 g/mol. The molecule has 2 rings (SSSR count). The summed E-state index contributed by atoms with van der Waals surface area (Å²) in [5, 5.41) is 14.4. The van der Waals surface area contributed by atoms with Crippen LogP contribution in [-0.4, -0.2) is 19.7 Å². The molecule has 0 bridgehead atoms. The van der Waals surface area contributed by atoms with Gasteiger partial charge in [0.15, 0.2) is 0 Å². The van der Waals surface area contributed by atoms with Gasteiger partial charge in [-0.15, -0.1) is 5.10 Å². The van der Waals surface area contributed by atoms with Crippen molar-refractivity contribution >= 4 is 21.6 Å². The van der Waals surface area contributed by atoms with Gasteiger partial charge in [0.2, 0.25) is 4.73 Å².